The SMILES string of the molecule is Cc1cc(Cl)nc2c1CC(F)(F)CC2. The summed E-state index contributed by atoms with van der Waals surface area (Å²) in [6.45, 7) is 1.80. The molecule has 4 heteroatoms. The first-order valence-electron chi connectivity index (χ1n) is 4.51. The largest absolute Gasteiger partial charge is 0.252 e. The van der Waals surface area contributed by atoms with Crippen LogP contribution in [0.25, 0.3) is 0 Å². The third-order valence-corrected chi connectivity index (χ3v) is 2.76. The average molecular weight is 218 g/mol. The van der Waals surface area contributed by atoms with Crippen LogP contribution < -0.4 is 0 Å². The second-order valence-corrected chi connectivity index (χ2v) is 4.11. The molecule has 1 aliphatic carbocycles. The molecule has 2 rings (SSSR count). The molecule has 0 amide bonds. The van der Waals surface area contributed by atoms with E-state index in [0.717, 1.165) is 11.3 Å². The molecule has 1 aromatic heterocycles. The highest BCUT2D eigenvalue weighted by atomic mass is 35.5. The van der Waals surface area contributed by atoms with Gasteiger partial charge in [0.05, 0.1) is 0 Å². The maximum atomic E-state index is 13.1. The Bertz CT molecular complexity index is 377. The van der Waals surface area contributed by atoms with Gasteiger partial charge in [0, 0.05) is 18.5 Å². The zero-order chi connectivity index (χ0) is 10.3. The number of halogens is 3. The quantitative estimate of drug-likeness (QED) is 0.609. The Labute approximate surface area is 86.1 Å². The van der Waals surface area contributed by atoms with Crippen LogP contribution in [0.15, 0.2) is 6.07 Å². The lowest BCUT2D eigenvalue weighted by Gasteiger charge is -2.24. The number of rotatable bonds is 0. The molecule has 0 bridgehead atoms. The number of aromatic nitrogens is 1. The molecule has 0 unspecified atom stereocenters. The minimum Gasteiger partial charge on any atom is -0.241 e. The van der Waals surface area contributed by atoms with Crippen molar-refractivity contribution in [2.24, 2.45) is 0 Å². The highest BCUT2D eigenvalue weighted by Gasteiger charge is 2.35. The Morgan fingerprint density at radius 2 is 2.21 bits per heavy atom. The van der Waals surface area contributed by atoms with Gasteiger partial charge in [-0.05, 0) is 30.5 Å². The lowest BCUT2D eigenvalue weighted by Crippen LogP contribution is -2.27. The van der Waals surface area contributed by atoms with E-state index in [0.29, 0.717) is 17.1 Å². The van der Waals surface area contributed by atoms with Crippen molar-refractivity contribution in [2.75, 3.05) is 0 Å². The van der Waals surface area contributed by atoms with Crippen molar-refractivity contribution < 1.29 is 8.78 Å². The molecule has 14 heavy (non-hydrogen) atoms. The van der Waals surface area contributed by atoms with Crippen molar-refractivity contribution in [3.8, 4) is 0 Å². The summed E-state index contributed by atoms with van der Waals surface area (Å²) in [6.07, 6.45) is 0.00878. The number of aryl methyl sites for hydroxylation is 2. The second kappa shape index (κ2) is 3.16. The van der Waals surface area contributed by atoms with Gasteiger partial charge >= 0.3 is 0 Å². The van der Waals surface area contributed by atoms with Gasteiger partial charge in [-0.25, -0.2) is 13.8 Å². The normalized spacial score (nSPS) is 19.1. The first-order valence-corrected chi connectivity index (χ1v) is 4.88. The summed E-state index contributed by atoms with van der Waals surface area (Å²) < 4.78 is 26.2. The van der Waals surface area contributed by atoms with Crippen LogP contribution in [0.2, 0.25) is 5.15 Å². The highest BCUT2D eigenvalue weighted by molar-refractivity contribution is 6.29. The molecule has 1 nitrogen and oxygen atoms in total. The molecule has 0 spiro atoms. The van der Waals surface area contributed by atoms with Crippen LogP contribution >= 0.6 is 11.6 Å². The lowest BCUT2D eigenvalue weighted by atomic mass is 9.90. The Morgan fingerprint density at radius 1 is 1.50 bits per heavy atom. The van der Waals surface area contributed by atoms with Crippen molar-refractivity contribution >= 4 is 11.6 Å². The van der Waals surface area contributed by atoms with Gasteiger partial charge in [-0.3, -0.25) is 0 Å². The van der Waals surface area contributed by atoms with Crippen molar-refractivity contribution in [2.45, 2.75) is 32.1 Å². The number of alkyl halides is 2. The van der Waals surface area contributed by atoms with Crippen molar-refractivity contribution in [1.29, 1.82) is 0 Å². The van der Waals surface area contributed by atoms with Crippen molar-refractivity contribution in [3.63, 3.8) is 0 Å². The predicted octanol–water partition coefficient (Wildman–Crippen LogP) is 3.17. The van der Waals surface area contributed by atoms with E-state index in [-0.39, 0.29) is 12.8 Å². The minimum absolute atomic E-state index is 0.118. The monoisotopic (exact) mass is 217 g/mol. The molecular weight excluding hydrogens is 208 g/mol. The molecule has 0 aromatic carbocycles. The van der Waals surface area contributed by atoms with E-state index in [1.54, 1.807) is 13.0 Å². The second-order valence-electron chi connectivity index (χ2n) is 3.72. The van der Waals surface area contributed by atoms with Crippen molar-refractivity contribution in [3.05, 3.63) is 28.0 Å². The van der Waals surface area contributed by atoms with E-state index < -0.39 is 5.92 Å². The highest BCUT2D eigenvalue weighted by Crippen LogP contribution is 2.34. The van der Waals surface area contributed by atoms with Gasteiger partial charge in [-0.15, -0.1) is 0 Å². The fourth-order valence-electron chi connectivity index (χ4n) is 1.82. The van der Waals surface area contributed by atoms with E-state index in [2.05, 4.69) is 4.98 Å². The number of hydrogen-bond donors (Lipinski definition) is 0. The first kappa shape index (κ1) is 9.84. The molecule has 0 fully saturated rings. The molecule has 1 aromatic rings. The summed E-state index contributed by atoms with van der Waals surface area (Å²) in [5.74, 6) is -2.58. The Balaban J connectivity index is 2.47. The first-order chi connectivity index (χ1) is 6.48. The molecule has 1 aliphatic rings. The van der Waals surface area contributed by atoms with Crippen LogP contribution in [0, 0.1) is 6.92 Å². The zero-order valence-electron chi connectivity index (χ0n) is 7.78. The molecule has 0 aliphatic heterocycles. The molecular formula is C10H10ClF2N. The molecule has 0 saturated heterocycles. The van der Waals surface area contributed by atoms with Crippen LogP contribution in [0.5, 0.6) is 0 Å². The fourth-order valence-corrected chi connectivity index (χ4v) is 2.08. The van der Waals surface area contributed by atoms with Crippen LogP contribution in [0.4, 0.5) is 8.78 Å². The maximum Gasteiger partial charge on any atom is 0.252 e. The number of pyridine rings is 1. The summed E-state index contributed by atoms with van der Waals surface area (Å²) in [5.41, 5.74) is 2.23. The number of hydrogen-bond acceptors (Lipinski definition) is 1. The van der Waals surface area contributed by atoms with E-state index in [9.17, 15) is 8.78 Å². The topological polar surface area (TPSA) is 12.9 Å². The minimum atomic E-state index is -2.58. The molecule has 76 valence electrons. The van der Waals surface area contributed by atoms with E-state index >= 15 is 0 Å². The van der Waals surface area contributed by atoms with E-state index in [1.165, 1.54) is 0 Å². The van der Waals surface area contributed by atoms with Gasteiger partial charge in [-0.2, -0.15) is 0 Å². The smallest absolute Gasteiger partial charge is 0.241 e. The van der Waals surface area contributed by atoms with Crippen molar-refractivity contribution in [1.82, 2.24) is 4.98 Å². The van der Waals surface area contributed by atoms with Crippen LogP contribution in [0.3, 0.4) is 0 Å². The summed E-state index contributed by atoms with van der Waals surface area (Å²) >= 11 is 5.75. The zero-order valence-corrected chi connectivity index (χ0v) is 8.54. The predicted molar refractivity (Wildman–Crippen MR) is 51.0 cm³/mol. The molecule has 0 N–H and O–H groups in total. The van der Waals surface area contributed by atoms with Gasteiger partial charge in [0.15, 0.2) is 0 Å². The third-order valence-electron chi connectivity index (χ3n) is 2.56. The van der Waals surface area contributed by atoms with Crippen LogP contribution in [-0.4, -0.2) is 10.9 Å². The fraction of sp³-hybridized carbons (Fsp3) is 0.500. The standard InChI is InChI=1S/C10H10ClF2N/c1-6-4-9(11)14-8-2-3-10(12,13)5-7(6)8/h4H,2-3,5H2,1H3. The Hall–Kier alpha value is -0.700. The molecule has 0 saturated carbocycles. The molecule has 0 radical (unpaired) electrons. The van der Waals surface area contributed by atoms with Crippen LogP contribution in [0.1, 0.15) is 23.2 Å². The van der Waals surface area contributed by atoms with E-state index in [1.807, 2.05) is 0 Å². The molecule has 1 heterocycles. The van der Waals surface area contributed by atoms with Gasteiger partial charge in [-0.1, -0.05) is 11.6 Å². The number of nitrogens with zero attached hydrogens (tertiary/aromatic N) is 1. The summed E-state index contributed by atoms with van der Waals surface area (Å²) in [4.78, 5) is 4.07. The van der Waals surface area contributed by atoms with Crippen LogP contribution in [-0.2, 0) is 12.8 Å². The Morgan fingerprint density at radius 3 is 2.93 bits per heavy atom. The van der Waals surface area contributed by atoms with Gasteiger partial charge in [0.25, 0.3) is 5.92 Å². The third kappa shape index (κ3) is 1.73. The van der Waals surface area contributed by atoms with E-state index in [4.69, 9.17) is 11.6 Å². The van der Waals surface area contributed by atoms with Gasteiger partial charge < -0.3 is 0 Å². The summed E-state index contributed by atoms with van der Waals surface area (Å²) in [5, 5.41) is 0.395. The van der Waals surface area contributed by atoms with Gasteiger partial charge in [0.2, 0.25) is 0 Å². The lowest BCUT2D eigenvalue weighted by molar-refractivity contribution is -0.0129. The number of fused-ring (bicyclic) bond motifs is 1. The van der Waals surface area contributed by atoms with Gasteiger partial charge in [0.1, 0.15) is 5.15 Å². The summed E-state index contributed by atoms with van der Waals surface area (Å²) in [7, 11) is 0. The summed E-state index contributed by atoms with van der Waals surface area (Å²) in [6, 6.07) is 1.64. The molecule has 0 atom stereocenters. The maximum absolute atomic E-state index is 13.1. The Kier molecular flexibility index (Phi) is 2.22. The average Bonchev–Trinajstić information content (AvgIpc) is 2.06.